The number of methoxy groups -OCH3 is 1. The van der Waals surface area contributed by atoms with Gasteiger partial charge in [-0.25, -0.2) is 0 Å². The van der Waals surface area contributed by atoms with Gasteiger partial charge in [-0.05, 0) is 31.0 Å². The van der Waals surface area contributed by atoms with Crippen molar-refractivity contribution in [2.24, 2.45) is 0 Å². The summed E-state index contributed by atoms with van der Waals surface area (Å²) in [6.07, 6.45) is 2.38. The number of ether oxygens (including phenoxy) is 1. The number of para-hydroxylation sites is 1. The molecule has 2 rings (SSSR count). The number of hydrogen-bond acceptors (Lipinski definition) is 3. The van der Waals surface area contributed by atoms with E-state index in [1.165, 1.54) is 0 Å². The molecule has 0 bridgehead atoms. The fourth-order valence-corrected chi connectivity index (χ4v) is 2.67. The molecular weight excluding hydrogens is 226 g/mol. The van der Waals surface area contributed by atoms with Gasteiger partial charge in [-0.1, -0.05) is 25.1 Å². The molecule has 1 aromatic carbocycles. The van der Waals surface area contributed by atoms with E-state index in [4.69, 9.17) is 4.74 Å². The Morgan fingerprint density at radius 1 is 1.28 bits per heavy atom. The number of nitrogens with zero attached hydrogens (tertiary/aromatic N) is 1. The molecule has 1 heterocycles. The Hall–Kier alpha value is -1.06. The first-order chi connectivity index (χ1) is 8.67. The van der Waals surface area contributed by atoms with Gasteiger partial charge in [0.15, 0.2) is 0 Å². The molecule has 0 radical (unpaired) electrons. The Labute approximate surface area is 109 Å². The molecule has 0 saturated carbocycles. The van der Waals surface area contributed by atoms with Crippen molar-refractivity contribution < 1.29 is 9.84 Å². The maximum Gasteiger partial charge on any atom is 0.122 e. The monoisotopic (exact) mass is 249 g/mol. The van der Waals surface area contributed by atoms with E-state index in [9.17, 15) is 5.11 Å². The van der Waals surface area contributed by atoms with Crippen LogP contribution >= 0.6 is 0 Å². The average molecular weight is 249 g/mol. The Balaban J connectivity index is 2.04. The van der Waals surface area contributed by atoms with Crippen LogP contribution in [-0.4, -0.2) is 42.4 Å². The van der Waals surface area contributed by atoms with Crippen LogP contribution in [0.3, 0.4) is 0 Å². The lowest BCUT2D eigenvalue weighted by atomic mass is 9.85. The van der Waals surface area contributed by atoms with E-state index >= 15 is 0 Å². The van der Waals surface area contributed by atoms with Crippen molar-refractivity contribution in [2.45, 2.75) is 31.8 Å². The minimum atomic E-state index is -0.569. The van der Waals surface area contributed by atoms with Gasteiger partial charge in [-0.2, -0.15) is 0 Å². The largest absolute Gasteiger partial charge is 0.496 e. The van der Waals surface area contributed by atoms with Crippen LogP contribution in [0.1, 0.15) is 25.3 Å². The molecule has 0 unspecified atom stereocenters. The molecule has 3 nitrogen and oxygen atoms in total. The van der Waals surface area contributed by atoms with Crippen molar-refractivity contribution >= 4 is 0 Å². The van der Waals surface area contributed by atoms with Crippen molar-refractivity contribution in [1.29, 1.82) is 0 Å². The molecule has 1 N–H and O–H groups in total. The molecule has 1 fully saturated rings. The van der Waals surface area contributed by atoms with Gasteiger partial charge in [0, 0.05) is 19.5 Å². The minimum Gasteiger partial charge on any atom is -0.496 e. The van der Waals surface area contributed by atoms with Gasteiger partial charge in [-0.3, -0.25) is 0 Å². The average Bonchev–Trinajstić information content (AvgIpc) is 2.40. The van der Waals surface area contributed by atoms with Crippen LogP contribution in [0.4, 0.5) is 0 Å². The van der Waals surface area contributed by atoms with Crippen LogP contribution in [-0.2, 0) is 6.42 Å². The topological polar surface area (TPSA) is 32.7 Å². The van der Waals surface area contributed by atoms with Crippen LogP contribution in [0.2, 0.25) is 0 Å². The molecule has 100 valence electrons. The quantitative estimate of drug-likeness (QED) is 0.887. The van der Waals surface area contributed by atoms with Gasteiger partial charge in [-0.15, -0.1) is 0 Å². The normalized spacial score (nSPS) is 19.7. The molecule has 0 amide bonds. The lowest BCUT2D eigenvalue weighted by Crippen LogP contribution is -2.45. The van der Waals surface area contributed by atoms with Gasteiger partial charge in [0.25, 0.3) is 0 Å². The molecule has 1 aliphatic rings. The van der Waals surface area contributed by atoms with Crippen molar-refractivity contribution in [3.8, 4) is 5.75 Å². The van der Waals surface area contributed by atoms with Gasteiger partial charge < -0.3 is 14.7 Å². The molecule has 3 heteroatoms. The van der Waals surface area contributed by atoms with Crippen molar-refractivity contribution in [1.82, 2.24) is 4.90 Å². The summed E-state index contributed by atoms with van der Waals surface area (Å²) in [4.78, 5) is 2.39. The Morgan fingerprint density at radius 2 is 1.94 bits per heavy atom. The van der Waals surface area contributed by atoms with E-state index < -0.39 is 5.60 Å². The third-order valence-electron chi connectivity index (χ3n) is 3.95. The highest BCUT2D eigenvalue weighted by molar-refractivity contribution is 5.34. The first kappa shape index (κ1) is 13.4. The second-order valence-electron chi connectivity index (χ2n) is 5.15. The predicted octanol–water partition coefficient (Wildman–Crippen LogP) is 2.08. The van der Waals surface area contributed by atoms with Gasteiger partial charge in [0.2, 0.25) is 0 Å². The van der Waals surface area contributed by atoms with Crippen molar-refractivity contribution in [3.63, 3.8) is 0 Å². The zero-order valence-electron chi connectivity index (χ0n) is 11.4. The Bertz CT molecular complexity index is 384. The number of hydrogen-bond donors (Lipinski definition) is 1. The minimum absolute atomic E-state index is 0.569. The molecule has 0 aromatic heterocycles. The van der Waals surface area contributed by atoms with E-state index in [0.717, 1.165) is 43.8 Å². The van der Waals surface area contributed by atoms with E-state index in [2.05, 4.69) is 11.8 Å². The third kappa shape index (κ3) is 3.03. The molecule has 0 atom stereocenters. The Kier molecular flexibility index (Phi) is 4.25. The summed E-state index contributed by atoms with van der Waals surface area (Å²) in [7, 11) is 1.68. The fourth-order valence-electron chi connectivity index (χ4n) is 2.67. The molecular formula is C15H23NO2. The first-order valence-electron chi connectivity index (χ1n) is 6.73. The molecule has 0 aliphatic carbocycles. The highest BCUT2D eigenvalue weighted by Gasteiger charge is 2.32. The van der Waals surface area contributed by atoms with Gasteiger partial charge in [0.1, 0.15) is 5.75 Å². The van der Waals surface area contributed by atoms with Crippen molar-refractivity contribution in [2.75, 3.05) is 26.7 Å². The van der Waals surface area contributed by atoms with Crippen LogP contribution in [0.5, 0.6) is 5.75 Å². The highest BCUT2D eigenvalue weighted by atomic mass is 16.5. The summed E-state index contributed by atoms with van der Waals surface area (Å²) in [5.74, 6) is 0.879. The van der Waals surface area contributed by atoms with Gasteiger partial charge >= 0.3 is 0 Å². The molecule has 18 heavy (non-hydrogen) atoms. The zero-order chi connectivity index (χ0) is 13.0. The van der Waals surface area contributed by atoms with Crippen LogP contribution in [0.15, 0.2) is 24.3 Å². The summed E-state index contributed by atoms with van der Waals surface area (Å²) in [5, 5.41) is 10.7. The van der Waals surface area contributed by atoms with Gasteiger partial charge in [0.05, 0.1) is 12.7 Å². The number of aliphatic hydroxyl groups is 1. The third-order valence-corrected chi connectivity index (χ3v) is 3.95. The smallest absolute Gasteiger partial charge is 0.122 e. The summed E-state index contributed by atoms with van der Waals surface area (Å²) >= 11 is 0. The molecule has 1 saturated heterocycles. The maximum absolute atomic E-state index is 10.7. The number of rotatable bonds is 4. The zero-order valence-corrected chi connectivity index (χ0v) is 11.4. The highest BCUT2D eigenvalue weighted by Crippen LogP contribution is 2.29. The van der Waals surface area contributed by atoms with E-state index in [0.29, 0.717) is 6.42 Å². The second kappa shape index (κ2) is 5.72. The SMILES string of the molecule is CCN1CCC(O)(Cc2ccccc2OC)CC1. The summed E-state index contributed by atoms with van der Waals surface area (Å²) in [6, 6.07) is 7.97. The van der Waals surface area contributed by atoms with Crippen LogP contribution in [0, 0.1) is 0 Å². The molecule has 0 spiro atoms. The van der Waals surface area contributed by atoms with Crippen LogP contribution < -0.4 is 4.74 Å². The lowest BCUT2D eigenvalue weighted by molar-refractivity contribution is -0.0197. The maximum atomic E-state index is 10.7. The van der Waals surface area contributed by atoms with Crippen molar-refractivity contribution in [3.05, 3.63) is 29.8 Å². The number of piperidine rings is 1. The molecule has 1 aliphatic heterocycles. The van der Waals surface area contributed by atoms with E-state index in [1.807, 2.05) is 24.3 Å². The van der Waals surface area contributed by atoms with E-state index in [1.54, 1.807) is 7.11 Å². The number of likely N-dealkylation sites (tertiary alicyclic amines) is 1. The molecule has 1 aromatic rings. The summed E-state index contributed by atoms with van der Waals surface area (Å²) in [6.45, 7) is 5.22. The predicted molar refractivity (Wildman–Crippen MR) is 73.0 cm³/mol. The summed E-state index contributed by atoms with van der Waals surface area (Å²) < 4.78 is 5.35. The van der Waals surface area contributed by atoms with Crippen LogP contribution in [0.25, 0.3) is 0 Å². The number of benzene rings is 1. The fraction of sp³-hybridized carbons (Fsp3) is 0.600. The lowest BCUT2D eigenvalue weighted by Gasteiger charge is -2.38. The Morgan fingerprint density at radius 3 is 2.56 bits per heavy atom. The summed E-state index contributed by atoms with van der Waals surface area (Å²) in [5.41, 5.74) is 0.535. The first-order valence-corrected chi connectivity index (χ1v) is 6.73. The standard InChI is InChI=1S/C15H23NO2/c1-3-16-10-8-15(17,9-11-16)12-13-6-4-5-7-14(13)18-2/h4-7,17H,3,8-12H2,1-2H3. The second-order valence-corrected chi connectivity index (χ2v) is 5.15. The van der Waals surface area contributed by atoms with E-state index in [-0.39, 0.29) is 0 Å².